The minimum absolute atomic E-state index is 0.203. The van der Waals surface area contributed by atoms with E-state index in [1.54, 1.807) is 19.2 Å². The molecule has 0 aliphatic heterocycles. The Bertz CT molecular complexity index is 1040. The number of hydrogen-bond acceptors (Lipinski definition) is 4. The van der Waals surface area contributed by atoms with E-state index < -0.39 is 16.3 Å². The molecule has 1 aromatic carbocycles. The molecule has 0 radical (unpaired) electrons. The average molecular weight is 344 g/mol. The second-order valence-electron chi connectivity index (χ2n) is 5.45. The second-order valence-corrected chi connectivity index (χ2v) is 6.78. The van der Waals surface area contributed by atoms with Crippen molar-refractivity contribution in [1.29, 1.82) is 0 Å². The third-order valence-corrected chi connectivity index (χ3v) is 4.38. The van der Waals surface area contributed by atoms with Crippen LogP contribution in [-0.4, -0.2) is 18.4 Å². The van der Waals surface area contributed by atoms with Crippen LogP contribution >= 0.6 is 0 Å². The van der Waals surface area contributed by atoms with Crippen LogP contribution in [0.15, 0.2) is 53.5 Å². The molecule has 0 fully saturated rings. The Kier molecular flexibility index (Phi) is 4.18. The van der Waals surface area contributed by atoms with Gasteiger partial charge in [-0.15, -0.1) is 0 Å². The van der Waals surface area contributed by atoms with Gasteiger partial charge in [-0.25, -0.2) is 10.1 Å². The molecule has 2 aromatic heterocycles. The first-order valence-electron chi connectivity index (χ1n) is 7.22. The van der Waals surface area contributed by atoms with Crippen molar-refractivity contribution in [2.75, 3.05) is 0 Å². The third-order valence-electron chi connectivity index (χ3n) is 3.70. The van der Waals surface area contributed by atoms with Gasteiger partial charge in [0.1, 0.15) is 5.65 Å². The number of fused-ring (bicyclic) bond motifs is 1. The highest BCUT2D eigenvalue weighted by Gasteiger charge is 2.12. The van der Waals surface area contributed by atoms with E-state index in [4.69, 9.17) is 5.14 Å². The second kappa shape index (κ2) is 6.16. The lowest BCUT2D eigenvalue weighted by Crippen LogP contribution is -2.32. The van der Waals surface area contributed by atoms with Crippen molar-refractivity contribution >= 4 is 21.2 Å². The van der Waals surface area contributed by atoms with Crippen molar-refractivity contribution in [3.05, 3.63) is 64.6 Å². The first-order chi connectivity index (χ1) is 11.3. The fraction of sp³-hybridized carbons (Fsp3) is 0.125. The Hall–Kier alpha value is -2.55. The molecule has 8 heteroatoms. The van der Waals surface area contributed by atoms with Gasteiger partial charge in [-0.05, 0) is 35.7 Å². The maximum Gasteiger partial charge on any atom is 0.274 e. The number of nitrogens with one attached hydrogen (secondary N) is 2. The van der Waals surface area contributed by atoms with Gasteiger partial charge in [0, 0.05) is 23.7 Å². The van der Waals surface area contributed by atoms with Gasteiger partial charge in [-0.3, -0.25) is 4.79 Å². The molecule has 3 rings (SSSR count). The molecule has 0 saturated carbocycles. The maximum absolute atomic E-state index is 11.4. The van der Waals surface area contributed by atoms with Crippen molar-refractivity contribution in [2.24, 2.45) is 5.14 Å². The minimum Gasteiger partial charge on any atom is -0.307 e. The summed E-state index contributed by atoms with van der Waals surface area (Å²) in [6, 6.07) is 12.1. The predicted octanol–water partition coefficient (Wildman–Crippen LogP) is 1.44. The number of pyridine rings is 2. The molecule has 1 unspecified atom stereocenters. The van der Waals surface area contributed by atoms with Crippen molar-refractivity contribution in [1.82, 2.24) is 14.7 Å². The molecule has 124 valence electrons. The zero-order chi connectivity index (χ0) is 17.3. The fourth-order valence-corrected chi connectivity index (χ4v) is 3.21. The molecule has 3 aromatic rings. The average Bonchev–Trinajstić information content (AvgIpc) is 2.52. The quantitative estimate of drug-likeness (QED) is 0.663. The van der Waals surface area contributed by atoms with Crippen LogP contribution in [0.4, 0.5) is 0 Å². The normalized spacial score (nSPS) is 13.1. The molecule has 0 amide bonds. The number of aromatic nitrogens is 2. The largest absolute Gasteiger partial charge is 0.307 e. The molecule has 7 nitrogen and oxygen atoms in total. The number of benzene rings is 1. The van der Waals surface area contributed by atoms with Gasteiger partial charge in [0.05, 0.1) is 0 Å². The smallest absolute Gasteiger partial charge is 0.274 e. The van der Waals surface area contributed by atoms with E-state index in [1.165, 1.54) is 6.07 Å². The minimum atomic E-state index is -3.76. The van der Waals surface area contributed by atoms with E-state index in [2.05, 4.69) is 14.7 Å². The summed E-state index contributed by atoms with van der Waals surface area (Å²) in [4.78, 5) is 18.3. The van der Waals surface area contributed by atoms with Gasteiger partial charge < -0.3 is 4.98 Å². The molecule has 24 heavy (non-hydrogen) atoms. The van der Waals surface area contributed by atoms with Crippen LogP contribution < -0.4 is 15.4 Å². The summed E-state index contributed by atoms with van der Waals surface area (Å²) in [6.45, 7) is 1.71. The van der Waals surface area contributed by atoms with Crippen LogP contribution in [0.25, 0.3) is 22.2 Å². The van der Waals surface area contributed by atoms with Crippen LogP contribution in [-0.2, 0) is 10.2 Å². The van der Waals surface area contributed by atoms with E-state index >= 15 is 0 Å². The first-order valence-corrected chi connectivity index (χ1v) is 8.76. The summed E-state index contributed by atoms with van der Waals surface area (Å²) in [7, 11) is -3.76. The van der Waals surface area contributed by atoms with E-state index in [9.17, 15) is 13.2 Å². The Balaban J connectivity index is 1.98. The standard InChI is InChI=1S/C16H16N4O3S/c1-10(20-24(17,22)23)11-2-4-12(5-3-11)13-8-9-18-16-14(13)6-7-15(21)19-16/h2-10,20H,1H3,(H2,17,22,23)(H,18,19,21). The molecular weight excluding hydrogens is 328 g/mol. The summed E-state index contributed by atoms with van der Waals surface area (Å²) >= 11 is 0. The van der Waals surface area contributed by atoms with E-state index in [1.807, 2.05) is 30.3 Å². The highest BCUT2D eigenvalue weighted by Crippen LogP contribution is 2.27. The molecule has 0 spiro atoms. The Labute approximate surface area is 138 Å². The molecule has 0 bridgehead atoms. The fourth-order valence-electron chi connectivity index (χ4n) is 2.58. The van der Waals surface area contributed by atoms with Crippen LogP contribution in [0.1, 0.15) is 18.5 Å². The summed E-state index contributed by atoms with van der Waals surface area (Å²) in [5.41, 5.74) is 2.97. The lowest BCUT2D eigenvalue weighted by atomic mass is 10.00. The van der Waals surface area contributed by atoms with Crippen molar-refractivity contribution < 1.29 is 8.42 Å². The molecule has 0 saturated heterocycles. The Morgan fingerprint density at radius 3 is 2.50 bits per heavy atom. The maximum atomic E-state index is 11.4. The van der Waals surface area contributed by atoms with Gasteiger partial charge >= 0.3 is 0 Å². The third kappa shape index (κ3) is 3.51. The van der Waals surface area contributed by atoms with E-state index in [0.717, 1.165) is 22.1 Å². The molecule has 0 aliphatic carbocycles. The number of nitrogens with two attached hydrogens (primary N) is 1. The molecule has 0 aliphatic rings. The van der Waals surface area contributed by atoms with Gasteiger partial charge in [0.25, 0.3) is 10.2 Å². The van der Waals surface area contributed by atoms with Gasteiger partial charge in [0.2, 0.25) is 5.56 Å². The van der Waals surface area contributed by atoms with Crippen LogP contribution in [0.2, 0.25) is 0 Å². The van der Waals surface area contributed by atoms with E-state index in [-0.39, 0.29) is 5.56 Å². The summed E-state index contributed by atoms with van der Waals surface area (Å²) < 4.78 is 24.5. The lowest BCUT2D eigenvalue weighted by Gasteiger charge is -2.13. The number of hydrogen-bond donors (Lipinski definition) is 3. The molecule has 1 atom stereocenters. The van der Waals surface area contributed by atoms with Gasteiger partial charge in [-0.1, -0.05) is 24.3 Å². The lowest BCUT2D eigenvalue weighted by molar-refractivity contribution is 0.568. The molecule has 4 N–H and O–H groups in total. The molecular formula is C16H16N4O3S. The van der Waals surface area contributed by atoms with E-state index in [0.29, 0.717) is 5.65 Å². The summed E-state index contributed by atoms with van der Waals surface area (Å²) in [5.74, 6) is 0. The van der Waals surface area contributed by atoms with Crippen molar-refractivity contribution in [3.63, 3.8) is 0 Å². The first kappa shape index (κ1) is 16.3. The van der Waals surface area contributed by atoms with Crippen molar-refractivity contribution in [3.8, 4) is 11.1 Å². The SMILES string of the molecule is CC(NS(N)(=O)=O)c1ccc(-c2ccnc3[nH]c(=O)ccc23)cc1. The number of nitrogens with zero attached hydrogens (tertiary/aromatic N) is 1. The van der Waals surface area contributed by atoms with Crippen LogP contribution in [0, 0.1) is 0 Å². The van der Waals surface area contributed by atoms with Crippen LogP contribution in [0.5, 0.6) is 0 Å². The Morgan fingerprint density at radius 1 is 1.12 bits per heavy atom. The zero-order valence-corrected chi connectivity index (χ0v) is 13.7. The van der Waals surface area contributed by atoms with Crippen LogP contribution in [0.3, 0.4) is 0 Å². The number of rotatable bonds is 4. The molecule has 2 heterocycles. The highest BCUT2D eigenvalue weighted by molar-refractivity contribution is 7.87. The highest BCUT2D eigenvalue weighted by atomic mass is 32.2. The van der Waals surface area contributed by atoms with Crippen molar-refractivity contribution in [2.45, 2.75) is 13.0 Å². The summed E-state index contributed by atoms with van der Waals surface area (Å²) in [6.07, 6.45) is 1.63. The van der Waals surface area contributed by atoms with Gasteiger partial charge in [-0.2, -0.15) is 13.1 Å². The predicted molar refractivity (Wildman–Crippen MR) is 92.5 cm³/mol. The Morgan fingerprint density at radius 2 is 1.83 bits per heavy atom. The number of aromatic amines is 1. The summed E-state index contributed by atoms with van der Waals surface area (Å²) in [5, 5.41) is 5.83. The topological polar surface area (TPSA) is 118 Å². The van der Waals surface area contributed by atoms with Gasteiger partial charge in [0.15, 0.2) is 0 Å². The zero-order valence-electron chi connectivity index (χ0n) is 12.9. The number of H-pyrrole nitrogens is 1. The monoisotopic (exact) mass is 344 g/mol.